The first-order valence-corrected chi connectivity index (χ1v) is 6.81. The van der Waals surface area contributed by atoms with E-state index in [-0.39, 0.29) is 11.0 Å². The molecule has 0 spiro atoms. The number of hydrogen-bond donors (Lipinski definition) is 2. The molecular weight excluding hydrogens is 244 g/mol. The first kappa shape index (κ1) is 13.0. The molecule has 0 fully saturated rings. The third kappa shape index (κ3) is 4.19. The summed E-state index contributed by atoms with van der Waals surface area (Å²) < 4.78 is 11.0. The van der Waals surface area contributed by atoms with Crippen LogP contribution in [0.3, 0.4) is 0 Å². The number of nitrogens with zero attached hydrogens (tertiary/aromatic N) is 2. The van der Waals surface area contributed by atoms with Crippen LogP contribution >= 0.6 is 12.2 Å². The molecule has 0 saturated heterocycles. The summed E-state index contributed by atoms with van der Waals surface area (Å²) in [6.07, 6.45) is 4.74. The van der Waals surface area contributed by atoms with Crippen molar-refractivity contribution in [2.75, 3.05) is 17.3 Å². The summed E-state index contributed by atoms with van der Waals surface area (Å²) in [5.74, 6) is 1.19. The van der Waals surface area contributed by atoms with Crippen molar-refractivity contribution in [3.63, 3.8) is 0 Å². The molecule has 0 aromatic carbocycles. The Labute approximate surface area is 102 Å². The average molecular weight is 258 g/mol. The number of nitrogens with two attached hydrogens (primary N) is 1. The molecular formula is C9H14N4OS2. The number of hydrogen-bond acceptors (Lipinski definition) is 5. The van der Waals surface area contributed by atoms with Crippen LogP contribution < -0.4 is 11.1 Å². The van der Waals surface area contributed by atoms with E-state index in [1.807, 2.05) is 6.92 Å². The van der Waals surface area contributed by atoms with Gasteiger partial charge in [-0.3, -0.25) is 4.21 Å². The Bertz CT molecular complexity index is 393. The van der Waals surface area contributed by atoms with E-state index < -0.39 is 10.8 Å². The van der Waals surface area contributed by atoms with Gasteiger partial charge in [0, 0.05) is 28.9 Å². The molecule has 3 N–H and O–H groups in total. The molecule has 1 rings (SSSR count). The normalized spacial score (nSPS) is 14.1. The predicted octanol–water partition coefficient (Wildman–Crippen LogP) is 0.290. The summed E-state index contributed by atoms with van der Waals surface area (Å²) >= 11 is 4.76. The highest BCUT2D eigenvalue weighted by Gasteiger charge is 2.05. The molecule has 0 bridgehead atoms. The fourth-order valence-corrected chi connectivity index (χ4v) is 2.07. The Morgan fingerprint density at radius 3 is 2.75 bits per heavy atom. The molecule has 2 unspecified atom stereocenters. The quantitative estimate of drug-likeness (QED) is 0.739. The summed E-state index contributed by atoms with van der Waals surface area (Å²) in [7, 11) is -0.833. The van der Waals surface area contributed by atoms with Gasteiger partial charge in [0.2, 0.25) is 0 Å². The van der Waals surface area contributed by atoms with Crippen molar-refractivity contribution < 1.29 is 4.21 Å². The van der Waals surface area contributed by atoms with Crippen molar-refractivity contribution in [1.29, 1.82) is 0 Å². The third-order valence-electron chi connectivity index (χ3n) is 1.78. The number of rotatable bonds is 5. The number of anilines is 1. The molecule has 0 aliphatic heterocycles. The summed E-state index contributed by atoms with van der Waals surface area (Å²) in [6.45, 7) is 1.94. The Kier molecular flexibility index (Phi) is 4.75. The lowest BCUT2D eigenvalue weighted by Crippen LogP contribution is -2.23. The smallest absolute Gasteiger partial charge is 0.144 e. The van der Waals surface area contributed by atoms with Crippen LogP contribution in [0.15, 0.2) is 12.4 Å². The van der Waals surface area contributed by atoms with Gasteiger partial charge >= 0.3 is 0 Å². The van der Waals surface area contributed by atoms with Crippen LogP contribution in [-0.2, 0) is 10.8 Å². The Morgan fingerprint density at radius 1 is 1.62 bits per heavy atom. The van der Waals surface area contributed by atoms with Crippen molar-refractivity contribution in [2.45, 2.75) is 13.0 Å². The lowest BCUT2D eigenvalue weighted by molar-refractivity contribution is 0.683. The molecule has 7 heteroatoms. The fraction of sp³-hybridized carbons (Fsp3) is 0.444. The van der Waals surface area contributed by atoms with Crippen LogP contribution in [0.5, 0.6) is 0 Å². The maximum absolute atomic E-state index is 11.0. The van der Waals surface area contributed by atoms with Crippen LogP contribution in [0.1, 0.15) is 12.6 Å². The van der Waals surface area contributed by atoms with Crippen LogP contribution in [0, 0.1) is 0 Å². The standard InChI is InChI=1S/C9H14N4OS2/c1-6(5-16(2)14)13-8-4-11-7(3-12-8)9(10)15/h3-4,6H,5H2,1-2H3,(H2,10,15)(H,12,13). The zero-order valence-corrected chi connectivity index (χ0v) is 10.8. The Balaban J connectivity index is 2.61. The Morgan fingerprint density at radius 2 is 2.31 bits per heavy atom. The average Bonchev–Trinajstić information content (AvgIpc) is 2.16. The van der Waals surface area contributed by atoms with Gasteiger partial charge < -0.3 is 11.1 Å². The first-order valence-electron chi connectivity index (χ1n) is 4.67. The molecule has 0 aliphatic rings. The molecule has 0 radical (unpaired) electrons. The Hall–Kier alpha value is -1.08. The molecule has 88 valence electrons. The number of thiocarbonyl (C=S) groups is 1. The minimum Gasteiger partial charge on any atom is -0.388 e. The largest absolute Gasteiger partial charge is 0.388 e. The fourth-order valence-electron chi connectivity index (χ4n) is 1.18. The zero-order valence-electron chi connectivity index (χ0n) is 9.14. The minimum atomic E-state index is -0.833. The van der Waals surface area contributed by atoms with Crippen molar-refractivity contribution in [3.05, 3.63) is 18.1 Å². The van der Waals surface area contributed by atoms with Gasteiger partial charge in [-0.15, -0.1) is 0 Å². The van der Waals surface area contributed by atoms with Gasteiger partial charge in [0.1, 0.15) is 16.5 Å². The van der Waals surface area contributed by atoms with Gasteiger partial charge in [-0.05, 0) is 6.92 Å². The highest BCUT2D eigenvalue weighted by Crippen LogP contribution is 2.03. The molecule has 5 nitrogen and oxygen atoms in total. The van der Waals surface area contributed by atoms with Crippen LogP contribution in [0.2, 0.25) is 0 Å². The van der Waals surface area contributed by atoms with Crippen molar-refractivity contribution in [1.82, 2.24) is 9.97 Å². The molecule has 1 aromatic heterocycles. The lowest BCUT2D eigenvalue weighted by Gasteiger charge is -2.12. The van der Waals surface area contributed by atoms with Gasteiger partial charge in [0.25, 0.3) is 0 Å². The van der Waals surface area contributed by atoms with Crippen molar-refractivity contribution >= 4 is 33.8 Å². The second-order valence-electron chi connectivity index (χ2n) is 3.44. The molecule has 0 aliphatic carbocycles. The highest BCUT2D eigenvalue weighted by atomic mass is 32.2. The van der Waals surface area contributed by atoms with E-state index in [0.717, 1.165) is 0 Å². The van der Waals surface area contributed by atoms with E-state index in [4.69, 9.17) is 18.0 Å². The molecule has 1 heterocycles. The van der Waals surface area contributed by atoms with E-state index in [1.54, 1.807) is 12.5 Å². The van der Waals surface area contributed by atoms with Crippen LogP contribution in [0.25, 0.3) is 0 Å². The molecule has 0 saturated carbocycles. The van der Waals surface area contributed by atoms with E-state index >= 15 is 0 Å². The summed E-state index contributed by atoms with van der Waals surface area (Å²) in [4.78, 5) is 8.37. The lowest BCUT2D eigenvalue weighted by atomic mass is 10.4. The summed E-state index contributed by atoms with van der Waals surface area (Å²) in [6, 6.07) is 0.0795. The molecule has 2 atom stereocenters. The van der Waals surface area contributed by atoms with E-state index in [1.165, 1.54) is 6.20 Å². The SMILES string of the molecule is CC(CS(C)=O)Nc1cnc(C(N)=S)cn1. The molecule has 0 amide bonds. The van der Waals surface area contributed by atoms with Gasteiger partial charge in [-0.2, -0.15) is 0 Å². The molecule has 16 heavy (non-hydrogen) atoms. The zero-order chi connectivity index (χ0) is 12.1. The van der Waals surface area contributed by atoms with Gasteiger partial charge in [0.05, 0.1) is 12.4 Å². The summed E-state index contributed by atoms with van der Waals surface area (Å²) in [5, 5.41) is 3.09. The second-order valence-corrected chi connectivity index (χ2v) is 5.36. The summed E-state index contributed by atoms with van der Waals surface area (Å²) in [5.41, 5.74) is 5.89. The van der Waals surface area contributed by atoms with E-state index in [9.17, 15) is 4.21 Å². The van der Waals surface area contributed by atoms with E-state index in [2.05, 4.69) is 15.3 Å². The predicted molar refractivity (Wildman–Crippen MR) is 69.9 cm³/mol. The van der Waals surface area contributed by atoms with Gasteiger partial charge in [0.15, 0.2) is 0 Å². The number of aromatic nitrogens is 2. The maximum Gasteiger partial charge on any atom is 0.144 e. The first-order chi connectivity index (χ1) is 7.49. The maximum atomic E-state index is 11.0. The third-order valence-corrected chi connectivity index (χ3v) is 2.96. The highest BCUT2D eigenvalue weighted by molar-refractivity contribution is 7.84. The second kappa shape index (κ2) is 5.86. The van der Waals surface area contributed by atoms with Crippen LogP contribution in [0.4, 0.5) is 5.82 Å². The monoisotopic (exact) mass is 258 g/mol. The topological polar surface area (TPSA) is 80.9 Å². The minimum absolute atomic E-state index is 0.0795. The van der Waals surface area contributed by atoms with Gasteiger partial charge in [-0.25, -0.2) is 9.97 Å². The van der Waals surface area contributed by atoms with Crippen LogP contribution in [-0.4, -0.2) is 37.2 Å². The van der Waals surface area contributed by atoms with Crippen molar-refractivity contribution in [2.24, 2.45) is 5.73 Å². The van der Waals surface area contributed by atoms with E-state index in [0.29, 0.717) is 17.3 Å². The number of nitrogens with one attached hydrogen (secondary N) is 1. The van der Waals surface area contributed by atoms with Crippen molar-refractivity contribution in [3.8, 4) is 0 Å². The molecule has 1 aromatic rings. The van der Waals surface area contributed by atoms with Gasteiger partial charge in [-0.1, -0.05) is 12.2 Å².